The maximum Gasteiger partial charge on any atom is 0.0811 e. The minimum Gasteiger partial charge on any atom is -0.396 e. The van der Waals surface area contributed by atoms with Gasteiger partial charge in [0.25, 0.3) is 0 Å². The van der Waals surface area contributed by atoms with E-state index in [-0.39, 0.29) is 0 Å². The van der Waals surface area contributed by atoms with E-state index in [1.165, 1.54) is 44.9 Å². The molecule has 0 aromatic heterocycles. The highest BCUT2D eigenvalue weighted by atomic mass is 16.3. The average molecular weight is 417 g/mol. The Kier molecular flexibility index (Phi) is 8.03. The highest BCUT2D eigenvalue weighted by Crippen LogP contribution is 2.59. The van der Waals surface area contributed by atoms with Crippen molar-refractivity contribution >= 4 is 0 Å². The third kappa shape index (κ3) is 5.11. The van der Waals surface area contributed by atoms with Crippen molar-refractivity contribution in [3.05, 3.63) is 35.5 Å². The summed E-state index contributed by atoms with van der Waals surface area (Å²) in [6, 6.07) is 0. The fourth-order valence-electron chi connectivity index (χ4n) is 6.76. The minimum absolute atomic E-state index is 0.307. The van der Waals surface area contributed by atoms with E-state index in [0.29, 0.717) is 36.7 Å². The quantitative estimate of drug-likeness (QED) is 0.509. The lowest BCUT2D eigenvalue weighted by atomic mass is 9.60. The Morgan fingerprint density at radius 3 is 2.67 bits per heavy atom. The number of fused-ring (bicyclic) bond motifs is 1. The fraction of sp³-hybridized carbons (Fsp3) is 0.778. The standard InChI is InChI=1S/C27H44O3/c1-18(17-28)7-5-8-19(2)24-12-13-25-21(9-6-14-27(24,25)4)10-11-22-15-23(29)16-26(30)20(22)3/h10-11,18-19,23-26,28-30H,3,5-9,12-17H2,1-2,4H3/b21-10?,22-11-/t18?,19-,23-,24-,25?,26?,27-/m1/s1. The summed E-state index contributed by atoms with van der Waals surface area (Å²) in [6.45, 7) is 11.5. The normalized spacial score (nSPS) is 39.3. The average Bonchev–Trinajstić information content (AvgIpc) is 3.06. The van der Waals surface area contributed by atoms with Gasteiger partial charge in [0, 0.05) is 13.0 Å². The summed E-state index contributed by atoms with van der Waals surface area (Å²) in [7, 11) is 0. The van der Waals surface area contributed by atoms with E-state index in [4.69, 9.17) is 0 Å². The van der Waals surface area contributed by atoms with Crippen molar-refractivity contribution in [3.63, 3.8) is 0 Å². The Bertz CT molecular complexity index is 663. The van der Waals surface area contributed by atoms with Crippen molar-refractivity contribution in [2.24, 2.45) is 29.1 Å². The van der Waals surface area contributed by atoms with E-state index in [1.807, 2.05) is 0 Å². The van der Waals surface area contributed by atoms with E-state index < -0.39 is 12.2 Å². The number of allylic oxidation sites excluding steroid dienone is 3. The summed E-state index contributed by atoms with van der Waals surface area (Å²) in [5.74, 6) is 2.62. The SMILES string of the molecule is C=C1/C(=C\C=C2CCC[C@@]3(C)C2CC[C@@H]3[C@H](C)CCCC(C)CO)C[C@@H](O)CC1O. The summed E-state index contributed by atoms with van der Waals surface area (Å²) in [4.78, 5) is 0. The van der Waals surface area contributed by atoms with Gasteiger partial charge >= 0.3 is 0 Å². The first kappa shape index (κ1) is 23.8. The molecule has 0 radical (unpaired) electrons. The molecule has 0 aromatic carbocycles. The third-order valence-corrected chi connectivity index (χ3v) is 8.66. The molecule has 170 valence electrons. The van der Waals surface area contributed by atoms with Gasteiger partial charge in [-0.2, -0.15) is 0 Å². The maximum atomic E-state index is 10.1. The van der Waals surface area contributed by atoms with Crippen molar-refractivity contribution < 1.29 is 15.3 Å². The van der Waals surface area contributed by atoms with E-state index in [9.17, 15) is 15.3 Å². The van der Waals surface area contributed by atoms with Crippen LogP contribution in [0.4, 0.5) is 0 Å². The van der Waals surface area contributed by atoms with Crippen molar-refractivity contribution in [2.45, 2.75) is 97.2 Å². The van der Waals surface area contributed by atoms with Crippen LogP contribution in [-0.2, 0) is 0 Å². The predicted octanol–water partition coefficient (Wildman–Crippen LogP) is 5.56. The lowest BCUT2D eigenvalue weighted by Gasteiger charge is -2.44. The molecule has 3 N–H and O–H groups in total. The number of hydrogen-bond donors (Lipinski definition) is 3. The van der Waals surface area contributed by atoms with E-state index >= 15 is 0 Å². The largest absolute Gasteiger partial charge is 0.396 e. The maximum absolute atomic E-state index is 10.1. The van der Waals surface area contributed by atoms with Gasteiger partial charge in [-0.15, -0.1) is 0 Å². The molecule has 7 atom stereocenters. The highest BCUT2D eigenvalue weighted by Gasteiger charge is 2.50. The van der Waals surface area contributed by atoms with Crippen LogP contribution in [0.2, 0.25) is 0 Å². The lowest BCUT2D eigenvalue weighted by Crippen LogP contribution is -2.36. The van der Waals surface area contributed by atoms with Crippen LogP contribution in [0.1, 0.15) is 85.0 Å². The highest BCUT2D eigenvalue weighted by molar-refractivity contribution is 5.38. The monoisotopic (exact) mass is 416 g/mol. The van der Waals surface area contributed by atoms with Gasteiger partial charge in [0.1, 0.15) is 0 Å². The smallest absolute Gasteiger partial charge is 0.0811 e. The van der Waals surface area contributed by atoms with Gasteiger partial charge in [-0.25, -0.2) is 0 Å². The molecule has 3 nitrogen and oxygen atoms in total. The Balaban J connectivity index is 1.69. The lowest BCUT2D eigenvalue weighted by molar-refractivity contribution is 0.0861. The zero-order valence-electron chi connectivity index (χ0n) is 19.4. The first-order valence-corrected chi connectivity index (χ1v) is 12.3. The van der Waals surface area contributed by atoms with Crippen LogP contribution in [0.5, 0.6) is 0 Å². The molecule has 3 rings (SSSR count). The van der Waals surface area contributed by atoms with E-state index in [1.54, 1.807) is 5.57 Å². The fourth-order valence-corrected chi connectivity index (χ4v) is 6.76. The molecule has 0 aliphatic heterocycles. The van der Waals surface area contributed by atoms with Gasteiger partial charge in [-0.3, -0.25) is 0 Å². The van der Waals surface area contributed by atoms with Crippen LogP contribution in [0.3, 0.4) is 0 Å². The van der Waals surface area contributed by atoms with Crippen LogP contribution in [0, 0.1) is 29.1 Å². The molecular weight excluding hydrogens is 372 g/mol. The van der Waals surface area contributed by atoms with Gasteiger partial charge in [0.15, 0.2) is 0 Å². The van der Waals surface area contributed by atoms with Gasteiger partial charge in [-0.1, -0.05) is 57.9 Å². The zero-order valence-corrected chi connectivity index (χ0v) is 19.4. The molecular formula is C27H44O3. The summed E-state index contributed by atoms with van der Waals surface area (Å²) in [5, 5.41) is 29.4. The van der Waals surface area contributed by atoms with E-state index in [2.05, 4.69) is 39.5 Å². The Labute approximate surface area is 184 Å². The first-order valence-electron chi connectivity index (χ1n) is 12.3. The topological polar surface area (TPSA) is 60.7 Å². The second-order valence-corrected chi connectivity index (χ2v) is 10.9. The predicted molar refractivity (Wildman–Crippen MR) is 124 cm³/mol. The summed E-state index contributed by atoms with van der Waals surface area (Å²) >= 11 is 0. The van der Waals surface area contributed by atoms with Gasteiger partial charge < -0.3 is 15.3 Å². The number of rotatable bonds is 7. The molecule has 0 heterocycles. The number of hydrogen-bond acceptors (Lipinski definition) is 3. The van der Waals surface area contributed by atoms with Gasteiger partial charge in [0.05, 0.1) is 12.2 Å². The molecule has 0 bridgehead atoms. The first-order chi connectivity index (χ1) is 14.3. The summed E-state index contributed by atoms with van der Waals surface area (Å²) < 4.78 is 0. The van der Waals surface area contributed by atoms with Gasteiger partial charge in [-0.05, 0) is 85.2 Å². The van der Waals surface area contributed by atoms with Crippen LogP contribution in [0.25, 0.3) is 0 Å². The summed E-state index contributed by atoms with van der Waals surface area (Å²) in [6.07, 6.45) is 14.4. The van der Waals surface area contributed by atoms with Crippen LogP contribution >= 0.6 is 0 Å². The van der Waals surface area contributed by atoms with Crippen LogP contribution < -0.4 is 0 Å². The number of aliphatic hydroxyl groups is 3. The van der Waals surface area contributed by atoms with Crippen molar-refractivity contribution in [1.29, 1.82) is 0 Å². The molecule has 3 unspecified atom stereocenters. The second kappa shape index (κ2) is 10.1. The Morgan fingerprint density at radius 2 is 1.93 bits per heavy atom. The molecule has 30 heavy (non-hydrogen) atoms. The molecule has 3 aliphatic rings. The molecule has 0 saturated heterocycles. The number of aliphatic hydroxyl groups excluding tert-OH is 3. The van der Waals surface area contributed by atoms with Crippen molar-refractivity contribution in [1.82, 2.24) is 0 Å². The van der Waals surface area contributed by atoms with Crippen molar-refractivity contribution in [3.8, 4) is 0 Å². The molecule has 3 fully saturated rings. The minimum atomic E-state index is -0.611. The molecule has 3 heteroatoms. The van der Waals surface area contributed by atoms with E-state index in [0.717, 1.165) is 29.4 Å². The molecule has 0 amide bonds. The summed E-state index contributed by atoms with van der Waals surface area (Å²) in [5.41, 5.74) is 3.77. The molecule has 3 saturated carbocycles. The molecule has 0 aromatic rings. The Hall–Kier alpha value is -0.900. The second-order valence-electron chi connectivity index (χ2n) is 10.9. The molecule has 0 spiro atoms. The zero-order chi connectivity index (χ0) is 21.9. The third-order valence-electron chi connectivity index (χ3n) is 8.66. The van der Waals surface area contributed by atoms with Gasteiger partial charge in [0.2, 0.25) is 0 Å². The Morgan fingerprint density at radius 1 is 1.17 bits per heavy atom. The van der Waals surface area contributed by atoms with Crippen LogP contribution in [-0.4, -0.2) is 34.1 Å². The molecule has 3 aliphatic carbocycles. The van der Waals surface area contributed by atoms with Crippen molar-refractivity contribution in [2.75, 3.05) is 6.61 Å². The van der Waals surface area contributed by atoms with Crippen LogP contribution in [0.15, 0.2) is 35.5 Å².